The van der Waals surface area contributed by atoms with Crippen LogP contribution in [0.3, 0.4) is 0 Å². The third-order valence-corrected chi connectivity index (χ3v) is 7.77. The Balaban J connectivity index is 1.42. The highest BCUT2D eigenvalue weighted by Crippen LogP contribution is 2.36. The fourth-order valence-electron chi connectivity index (χ4n) is 4.64. The molecule has 0 atom stereocenters. The molecule has 2 aliphatic heterocycles. The number of pyridine rings is 1. The highest BCUT2D eigenvalue weighted by atomic mass is 35.5. The maximum Gasteiger partial charge on any atom is 0.471 e. The number of aliphatic imine (C=N–C) groups is 1. The average Bonchev–Trinajstić information content (AvgIpc) is 3.30. The Morgan fingerprint density at radius 2 is 1.98 bits per heavy atom. The predicted molar refractivity (Wildman–Crippen MR) is 160 cm³/mol. The quantitative estimate of drug-likeness (QED) is 0.333. The lowest BCUT2D eigenvalue weighted by molar-refractivity contribution is -0.170. The van der Waals surface area contributed by atoms with Crippen LogP contribution in [0.15, 0.2) is 58.6 Å². The molecule has 2 amide bonds. The molecule has 0 aliphatic carbocycles. The van der Waals surface area contributed by atoms with Crippen molar-refractivity contribution in [2.24, 2.45) is 10.9 Å². The number of morpholine rings is 1. The molecule has 220 valence electrons. The molecule has 2 aromatic carbocycles. The lowest BCUT2D eigenvalue weighted by atomic mass is 10.1. The number of hydrogen-bond acceptors (Lipinski definition) is 7. The van der Waals surface area contributed by atoms with Crippen molar-refractivity contribution in [2.75, 3.05) is 42.6 Å². The van der Waals surface area contributed by atoms with E-state index in [2.05, 4.69) is 20.2 Å². The highest BCUT2D eigenvalue weighted by Gasteiger charge is 2.43. The van der Waals surface area contributed by atoms with E-state index in [-0.39, 0.29) is 39.9 Å². The van der Waals surface area contributed by atoms with Crippen molar-refractivity contribution in [1.82, 2.24) is 10.3 Å². The summed E-state index contributed by atoms with van der Waals surface area (Å²) in [5, 5.41) is 3.99. The number of halogens is 4. The summed E-state index contributed by atoms with van der Waals surface area (Å²) in [5.74, 6) is -2.58. The van der Waals surface area contributed by atoms with Crippen molar-refractivity contribution < 1.29 is 27.5 Å². The van der Waals surface area contributed by atoms with Crippen LogP contribution in [-0.4, -0.2) is 61.0 Å². The molecule has 2 fully saturated rings. The number of alkyl halides is 3. The first-order valence-corrected chi connectivity index (χ1v) is 14.4. The van der Waals surface area contributed by atoms with Gasteiger partial charge in [-0.15, -0.1) is 0 Å². The summed E-state index contributed by atoms with van der Waals surface area (Å²) in [4.78, 5) is 37.1. The van der Waals surface area contributed by atoms with E-state index in [1.165, 1.54) is 18.2 Å². The first-order chi connectivity index (χ1) is 20.0. The molecule has 2 saturated heterocycles. The first kappa shape index (κ1) is 29.9. The van der Waals surface area contributed by atoms with Gasteiger partial charge in [0.25, 0.3) is 5.91 Å². The van der Waals surface area contributed by atoms with Gasteiger partial charge in [0.05, 0.1) is 34.3 Å². The van der Waals surface area contributed by atoms with Gasteiger partial charge in [-0.25, -0.2) is 4.99 Å². The maximum absolute atomic E-state index is 13.3. The number of carbonyl (C=O) groups excluding carboxylic acids is 2. The van der Waals surface area contributed by atoms with Crippen LogP contribution < -0.4 is 15.1 Å². The van der Waals surface area contributed by atoms with Crippen molar-refractivity contribution in [2.45, 2.75) is 20.0 Å². The van der Waals surface area contributed by atoms with Crippen LogP contribution in [-0.2, 0) is 14.3 Å². The Kier molecular flexibility index (Phi) is 8.76. The smallest absolute Gasteiger partial charge is 0.378 e. The monoisotopic (exact) mass is 617 g/mol. The molecule has 42 heavy (non-hydrogen) atoms. The highest BCUT2D eigenvalue weighted by molar-refractivity contribution is 8.18. The summed E-state index contributed by atoms with van der Waals surface area (Å²) in [7, 11) is 0. The Morgan fingerprint density at radius 1 is 1.21 bits per heavy atom. The minimum absolute atomic E-state index is 0.000657. The average molecular weight is 618 g/mol. The number of nitrogens with one attached hydrogen (secondary N) is 1. The topological polar surface area (TPSA) is 87.1 Å². The van der Waals surface area contributed by atoms with E-state index in [4.69, 9.17) is 16.3 Å². The Bertz CT molecular complexity index is 1590. The molecule has 0 bridgehead atoms. The lowest BCUT2D eigenvalue weighted by Crippen LogP contribution is -2.43. The van der Waals surface area contributed by atoms with Crippen molar-refractivity contribution in [1.29, 1.82) is 0 Å². The van der Waals surface area contributed by atoms with E-state index in [1.54, 1.807) is 26.1 Å². The van der Waals surface area contributed by atoms with E-state index >= 15 is 0 Å². The molecule has 5 rings (SSSR count). The standard InChI is InChI=1S/C29H27ClF3N5O3S/c1-17(2)16-38(27(40)29(31,32)33)19-4-5-21(30)23(15-19)35-28-36-26(39)25(42-28)14-18-3-6-22-20(13-18)24(7-8-34-22)37-9-11-41-12-10-37/h3-8,13-15,17H,9-12,16H2,1-2H3,(H,35,36,39). The van der Waals surface area contributed by atoms with Gasteiger partial charge < -0.3 is 19.9 Å². The number of amidine groups is 1. The molecule has 0 radical (unpaired) electrons. The fourth-order valence-corrected chi connectivity index (χ4v) is 5.63. The summed E-state index contributed by atoms with van der Waals surface area (Å²) >= 11 is 7.38. The van der Waals surface area contributed by atoms with Crippen LogP contribution in [0.25, 0.3) is 17.0 Å². The fraction of sp³-hybridized carbons (Fsp3) is 0.310. The molecule has 13 heteroatoms. The van der Waals surface area contributed by atoms with Crippen LogP contribution in [0, 0.1) is 5.92 Å². The molecule has 0 unspecified atom stereocenters. The number of benzene rings is 2. The zero-order valence-corrected chi connectivity index (χ0v) is 24.3. The van der Waals surface area contributed by atoms with E-state index < -0.39 is 12.1 Å². The Labute approximate surface area is 249 Å². The van der Waals surface area contributed by atoms with E-state index in [0.717, 1.165) is 47.0 Å². The zero-order valence-electron chi connectivity index (χ0n) is 22.7. The summed E-state index contributed by atoms with van der Waals surface area (Å²) < 4.78 is 45.4. The second kappa shape index (κ2) is 12.3. The van der Waals surface area contributed by atoms with Crippen molar-refractivity contribution >= 4 is 74.4 Å². The van der Waals surface area contributed by atoms with E-state index in [9.17, 15) is 22.8 Å². The maximum atomic E-state index is 13.3. The number of nitrogens with zero attached hydrogens (tertiary/aromatic N) is 4. The summed E-state index contributed by atoms with van der Waals surface area (Å²) in [6, 6.07) is 11.7. The lowest BCUT2D eigenvalue weighted by Gasteiger charge is -2.29. The minimum Gasteiger partial charge on any atom is -0.378 e. The second-order valence-electron chi connectivity index (χ2n) is 10.1. The van der Waals surface area contributed by atoms with Crippen molar-refractivity contribution in [3.63, 3.8) is 0 Å². The van der Waals surface area contributed by atoms with Gasteiger partial charge in [0.2, 0.25) is 0 Å². The first-order valence-electron chi connectivity index (χ1n) is 13.2. The Morgan fingerprint density at radius 3 is 2.69 bits per heavy atom. The normalized spacial score (nSPS) is 17.9. The number of fused-ring (bicyclic) bond motifs is 1. The molecule has 8 nitrogen and oxygen atoms in total. The summed E-state index contributed by atoms with van der Waals surface area (Å²) in [6.45, 7) is 6.10. The van der Waals surface area contributed by atoms with Gasteiger partial charge in [-0.3, -0.25) is 14.6 Å². The number of anilines is 2. The zero-order chi connectivity index (χ0) is 30.0. The van der Waals surface area contributed by atoms with Gasteiger partial charge in [0, 0.05) is 42.6 Å². The van der Waals surface area contributed by atoms with Crippen LogP contribution >= 0.6 is 23.4 Å². The molecule has 1 N–H and O–H groups in total. The van der Waals surface area contributed by atoms with Gasteiger partial charge in [-0.2, -0.15) is 13.2 Å². The third-order valence-electron chi connectivity index (χ3n) is 6.54. The van der Waals surface area contributed by atoms with Gasteiger partial charge >= 0.3 is 12.1 Å². The van der Waals surface area contributed by atoms with E-state index in [1.807, 2.05) is 24.3 Å². The summed E-state index contributed by atoms with van der Waals surface area (Å²) in [5.41, 5.74) is 2.78. The number of hydrogen-bond donors (Lipinski definition) is 1. The van der Waals surface area contributed by atoms with Gasteiger partial charge in [-0.1, -0.05) is 31.5 Å². The van der Waals surface area contributed by atoms with Crippen molar-refractivity contribution in [3.8, 4) is 0 Å². The van der Waals surface area contributed by atoms with Gasteiger partial charge in [0.15, 0.2) is 5.17 Å². The number of amides is 2. The molecule has 2 aliphatic rings. The SMILES string of the molecule is CC(C)CN(C(=O)C(F)(F)F)c1ccc(Cl)c(N=C2NC(=O)C(=Cc3ccc4nccc(N5CCOCC5)c4c3)S2)c1. The van der Waals surface area contributed by atoms with Crippen molar-refractivity contribution in [3.05, 3.63) is 64.2 Å². The number of thioether (sulfide) groups is 1. The van der Waals surface area contributed by atoms with E-state index in [0.29, 0.717) is 23.0 Å². The molecule has 3 aromatic rings. The van der Waals surface area contributed by atoms with Gasteiger partial charge in [-0.05, 0) is 65.7 Å². The molecular formula is C29H27ClF3N5O3S. The summed E-state index contributed by atoms with van der Waals surface area (Å²) in [6.07, 6.45) is -1.53. The number of rotatable bonds is 6. The number of ether oxygens (including phenoxy) is 1. The molecular weight excluding hydrogens is 591 g/mol. The van der Waals surface area contributed by atoms with Gasteiger partial charge in [0.1, 0.15) is 0 Å². The predicted octanol–water partition coefficient (Wildman–Crippen LogP) is 6.17. The van der Waals surface area contributed by atoms with Crippen LogP contribution in [0.4, 0.5) is 30.2 Å². The van der Waals surface area contributed by atoms with Crippen LogP contribution in [0.5, 0.6) is 0 Å². The molecule has 0 spiro atoms. The Hall–Kier alpha value is -3.61. The van der Waals surface area contributed by atoms with Crippen LogP contribution in [0.2, 0.25) is 5.02 Å². The number of carbonyl (C=O) groups is 2. The largest absolute Gasteiger partial charge is 0.471 e. The molecule has 3 heterocycles. The molecule has 0 saturated carbocycles. The molecule has 1 aromatic heterocycles. The second-order valence-corrected chi connectivity index (χ2v) is 11.6. The minimum atomic E-state index is -5.04. The third kappa shape index (κ3) is 6.71. The number of aromatic nitrogens is 1. The van der Waals surface area contributed by atoms with Crippen LogP contribution in [0.1, 0.15) is 19.4 Å².